The Morgan fingerprint density at radius 3 is 2.64 bits per heavy atom. The molecule has 0 aliphatic rings. The molecule has 0 spiro atoms. The fourth-order valence-electron chi connectivity index (χ4n) is 1.25. The first kappa shape index (κ1) is 11.7. The molecule has 0 radical (unpaired) electrons. The summed E-state index contributed by atoms with van der Waals surface area (Å²) in [5.41, 5.74) is 7.59. The summed E-state index contributed by atoms with van der Waals surface area (Å²) in [7, 11) is 0. The van der Waals surface area contributed by atoms with E-state index in [1.54, 1.807) is 0 Å². The number of hydrogen-bond acceptors (Lipinski definition) is 2. The van der Waals surface area contributed by atoms with Gasteiger partial charge in [0, 0.05) is 4.47 Å². The number of aliphatic hydroxyl groups excluding tert-OH is 1. The van der Waals surface area contributed by atoms with E-state index < -0.39 is 6.10 Å². The van der Waals surface area contributed by atoms with Crippen molar-refractivity contribution in [1.29, 1.82) is 0 Å². The Hall–Kier alpha value is -0.380. The van der Waals surface area contributed by atoms with Gasteiger partial charge in [-0.25, -0.2) is 0 Å². The van der Waals surface area contributed by atoms with Crippen molar-refractivity contribution in [2.24, 2.45) is 11.7 Å². The average molecular weight is 258 g/mol. The predicted octanol–water partition coefficient (Wildman–Crippen LogP) is 2.39. The van der Waals surface area contributed by atoms with Gasteiger partial charge in [0.1, 0.15) is 0 Å². The first-order valence-corrected chi connectivity index (χ1v) is 5.49. The number of benzene rings is 1. The Labute approximate surface area is 93.3 Å². The van der Waals surface area contributed by atoms with Crippen molar-refractivity contribution < 1.29 is 5.11 Å². The van der Waals surface area contributed by atoms with Crippen molar-refractivity contribution in [3.05, 3.63) is 33.8 Å². The normalized spacial score (nSPS) is 15.2. The van der Waals surface area contributed by atoms with Crippen LogP contribution in [0.3, 0.4) is 0 Å². The number of rotatable bonds is 3. The molecule has 0 saturated heterocycles. The summed E-state index contributed by atoms with van der Waals surface area (Å²) >= 11 is 3.44. The molecule has 1 aromatic rings. The number of halogens is 1. The quantitative estimate of drug-likeness (QED) is 0.874. The lowest BCUT2D eigenvalue weighted by Crippen LogP contribution is -2.18. The van der Waals surface area contributed by atoms with E-state index in [0.717, 1.165) is 10.0 Å². The Bertz CT molecular complexity index is 314. The predicted molar refractivity (Wildman–Crippen MR) is 62.1 cm³/mol. The first-order valence-electron chi connectivity index (χ1n) is 4.70. The van der Waals surface area contributed by atoms with Crippen molar-refractivity contribution >= 4 is 15.9 Å². The molecule has 3 N–H and O–H groups in total. The van der Waals surface area contributed by atoms with Crippen molar-refractivity contribution in [2.75, 3.05) is 6.54 Å². The third kappa shape index (κ3) is 2.56. The molecule has 0 heterocycles. The molecular weight excluding hydrogens is 242 g/mol. The van der Waals surface area contributed by atoms with Crippen LogP contribution in [0.4, 0.5) is 0 Å². The van der Waals surface area contributed by atoms with Gasteiger partial charge in [-0.05, 0) is 36.6 Å². The largest absolute Gasteiger partial charge is 0.388 e. The lowest BCUT2D eigenvalue weighted by Gasteiger charge is -2.17. The Morgan fingerprint density at radius 2 is 2.14 bits per heavy atom. The Kier molecular flexibility index (Phi) is 4.11. The molecule has 2 unspecified atom stereocenters. The highest BCUT2D eigenvalue weighted by Crippen LogP contribution is 2.25. The van der Waals surface area contributed by atoms with Crippen molar-refractivity contribution in [2.45, 2.75) is 20.0 Å². The second-order valence-electron chi connectivity index (χ2n) is 3.67. The molecule has 3 heteroatoms. The van der Waals surface area contributed by atoms with Crippen LogP contribution in [0.15, 0.2) is 22.7 Å². The second kappa shape index (κ2) is 4.91. The highest BCUT2D eigenvalue weighted by Gasteiger charge is 2.15. The number of hydrogen-bond donors (Lipinski definition) is 2. The number of nitrogens with two attached hydrogens (primary N) is 1. The number of aliphatic hydroxyl groups is 1. The standard InChI is InChI=1S/C11H16BrNO/c1-7-3-4-9(5-10(7)12)11(14)8(2)6-13/h3-5,8,11,14H,6,13H2,1-2H3. The summed E-state index contributed by atoms with van der Waals surface area (Å²) < 4.78 is 1.03. The fourth-order valence-corrected chi connectivity index (χ4v) is 1.65. The summed E-state index contributed by atoms with van der Waals surface area (Å²) in [4.78, 5) is 0. The van der Waals surface area contributed by atoms with Crippen LogP contribution < -0.4 is 5.73 Å². The zero-order chi connectivity index (χ0) is 10.7. The Morgan fingerprint density at radius 1 is 1.50 bits per heavy atom. The maximum absolute atomic E-state index is 9.90. The molecule has 1 aromatic carbocycles. The molecule has 0 aromatic heterocycles. The highest BCUT2D eigenvalue weighted by molar-refractivity contribution is 9.10. The topological polar surface area (TPSA) is 46.2 Å². The van der Waals surface area contributed by atoms with Crippen LogP contribution in [0.5, 0.6) is 0 Å². The molecular formula is C11H16BrNO. The molecule has 1 rings (SSSR count). The van der Waals surface area contributed by atoms with Gasteiger partial charge >= 0.3 is 0 Å². The van der Waals surface area contributed by atoms with Crippen LogP contribution in [-0.4, -0.2) is 11.7 Å². The zero-order valence-corrected chi connectivity index (χ0v) is 10.1. The molecule has 0 amide bonds. The monoisotopic (exact) mass is 257 g/mol. The van der Waals surface area contributed by atoms with E-state index in [0.29, 0.717) is 6.54 Å². The van der Waals surface area contributed by atoms with Gasteiger partial charge < -0.3 is 10.8 Å². The van der Waals surface area contributed by atoms with Crippen LogP contribution in [-0.2, 0) is 0 Å². The smallest absolute Gasteiger partial charge is 0.0828 e. The first-order chi connectivity index (χ1) is 6.56. The molecule has 2 nitrogen and oxygen atoms in total. The summed E-state index contributed by atoms with van der Waals surface area (Å²) in [5.74, 6) is 0.0876. The van der Waals surface area contributed by atoms with Crippen molar-refractivity contribution in [3.8, 4) is 0 Å². The minimum absolute atomic E-state index is 0.0876. The maximum Gasteiger partial charge on any atom is 0.0828 e. The van der Waals surface area contributed by atoms with Gasteiger partial charge in [0.25, 0.3) is 0 Å². The minimum atomic E-state index is -0.475. The maximum atomic E-state index is 9.90. The van der Waals surface area contributed by atoms with E-state index >= 15 is 0 Å². The van der Waals surface area contributed by atoms with Gasteiger partial charge in [-0.3, -0.25) is 0 Å². The van der Waals surface area contributed by atoms with Gasteiger partial charge in [0.15, 0.2) is 0 Å². The summed E-state index contributed by atoms with van der Waals surface area (Å²) in [6.07, 6.45) is -0.475. The fraction of sp³-hybridized carbons (Fsp3) is 0.455. The Balaban J connectivity index is 2.91. The third-order valence-electron chi connectivity index (χ3n) is 2.45. The molecule has 14 heavy (non-hydrogen) atoms. The molecule has 78 valence electrons. The van der Waals surface area contributed by atoms with Crippen molar-refractivity contribution in [3.63, 3.8) is 0 Å². The minimum Gasteiger partial charge on any atom is -0.388 e. The van der Waals surface area contributed by atoms with Crippen LogP contribution in [0.25, 0.3) is 0 Å². The van der Waals surface area contributed by atoms with Gasteiger partial charge in [-0.2, -0.15) is 0 Å². The van der Waals surface area contributed by atoms with Gasteiger partial charge in [0.2, 0.25) is 0 Å². The lowest BCUT2D eigenvalue weighted by atomic mass is 9.97. The SMILES string of the molecule is Cc1ccc(C(O)C(C)CN)cc1Br. The molecule has 0 fully saturated rings. The molecule has 0 aliphatic carbocycles. The second-order valence-corrected chi connectivity index (χ2v) is 4.52. The van der Waals surface area contributed by atoms with Crippen LogP contribution in [0, 0.1) is 12.8 Å². The van der Waals surface area contributed by atoms with Gasteiger partial charge in [0.05, 0.1) is 6.10 Å². The zero-order valence-electron chi connectivity index (χ0n) is 8.50. The third-order valence-corrected chi connectivity index (χ3v) is 3.30. The van der Waals surface area contributed by atoms with Crippen LogP contribution in [0.2, 0.25) is 0 Å². The van der Waals surface area contributed by atoms with Gasteiger partial charge in [-0.1, -0.05) is 35.0 Å². The van der Waals surface area contributed by atoms with E-state index in [9.17, 15) is 5.11 Å². The van der Waals surface area contributed by atoms with Gasteiger partial charge in [-0.15, -0.1) is 0 Å². The highest BCUT2D eigenvalue weighted by atomic mass is 79.9. The van der Waals surface area contributed by atoms with Crippen LogP contribution >= 0.6 is 15.9 Å². The summed E-state index contributed by atoms with van der Waals surface area (Å²) in [5, 5.41) is 9.90. The van der Waals surface area contributed by atoms with E-state index in [4.69, 9.17) is 5.73 Å². The average Bonchev–Trinajstić information content (AvgIpc) is 2.20. The van der Waals surface area contributed by atoms with Crippen LogP contribution in [0.1, 0.15) is 24.2 Å². The summed E-state index contributed by atoms with van der Waals surface area (Å²) in [6, 6.07) is 5.88. The van der Waals surface area contributed by atoms with Crippen molar-refractivity contribution in [1.82, 2.24) is 0 Å². The molecule has 0 bridgehead atoms. The summed E-state index contributed by atoms with van der Waals surface area (Å²) in [6.45, 7) is 4.46. The number of aryl methyl sites for hydroxylation is 1. The molecule has 0 aliphatic heterocycles. The van der Waals surface area contributed by atoms with E-state index in [-0.39, 0.29) is 5.92 Å². The van der Waals surface area contributed by atoms with E-state index in [1.165, 1.54) is 5.56 Å². The van der Waals surface area contributed by atoms with E-state index in [2.05, 4.69) is 15.9 Å². The molecule has 2 atom stereocenters. The molecule has 0 saturated carbocycles. The van der Waals surface area contributed by atoms with E-state index in [1.807, 2.05) is 32.0 Å². The lowest BCUT2D eigenvalue weighted by molar-refractivity contribution is 0.121.